The van der Waals surface area contributed by atoms with Crippen molar-refractivity contribution in [3.63, 3.8) is 0 Å². The van der Waals surface area contributed by atoms with Crippen molar-refractivity contribution < 1.29 is 19.3 Å². The molecule has 1 atom stereocenters. The van der Waals surface area contributed by atoms with E-state index in [1.165, 1.54) is 5.57 Å². The van der Waals surface area contributed by atoms with Crippen molar-refractivity contribution in [2.45, 2.75) is 51.2 Å². The van der Waals surface area contributed by atoms with Crippen molar-refractivity contribution in [3.05, 3.63) is 30.0 Å². The Morgan fingerprint density at radius 2 is 2.17 bits per heavy atom. The van der Waals surface area contributed by atoms with Gasteiger partial charge in [0.15, 0.2) is 0 Å². The molecule has 23 heavy (non-hydrogen) atoms. The van der Waals surface area contributed by atoms with Gasteiger partial charge in [0.2, 0.25) is 5.88 Å². The van der Waals surface area contributed by atoms with Gasteiger partial charge >= 0.3 is 0 Å². The third-order valence-electron chi connectivity index (χ3n) is 3.70. The average molecular weight is 321 g/mol. The zero-order valence-corrected chi connectivity index (χ0v) is 14.2. The van der Waals surface area contributed by atoms with Crippen molar-refractivity contribution in [2.75, 3.05) is 20.3 Å². The topological polar surface area (TPSA) is 60.8 Å². The zero-order valence-electron chi connectivity index (χ0n) is 14.2. The van der Waals surface area contributed by atoms with Gasteiger partial charge < -0.3 is 19.3 Å². The predicted molar refractivity (Wildman–Crippen MR) is 88.9 cm³/mol. The number of methoxy groups -OCH3 is 1. The van der Waals surface area contributed by atoms with Crippen LogP contribution in [0, 0.1) is 0 Å². The monoisotopic (exact) mass is 321 g/mol. The standard InChI is InChI=1S/C18H27NO4/c1-18(2,20)9-10-22-17-8-7-16(12-19-17)23-15-6-4-5-14(11-15)13-21-3/h7-8,11-12,15,20H,4-6,9-10,13H2,1-3H3. The molecule has 1 heterocycles. The molecule has 0 amide bonds. The zero-order chi connectivity index (χ0) is 16.7. The van der Waals surface area contributed by atoms with Crippen LogP contribution >= 0.6 is 0 Å². The molecule has 1 N–H and O–H groups in total. The minimum atomic E-state index is -0.726. The Kier molecular flexibility index (Phi) is 6.42. The van der Waals surface area contributed by atoms with Gasteiger partial charge in [-0.05, 0) is 50.8 Å². The van der Waals surface area contributed by atoms with Gasteiger partial charge in [0, 0.05) is 19.6 Å². The number of nitrogens with zero attached hydrogens (tertiary/aromatic N) is 1. The van der Waals surface area contributed by atoms with Crippen molar-refractivity contribution >= 4 is 0 Å². The molecule has 0 aromatic carbocycles. The second-order valence-corrected chi connectivity index (χ2v) is 6.55. The minimum absolute atomic E-state index is 0.0812. The first kappa shape index (κ1) is 17.8. The van der Waals surface area contributed by atoms with Crippen LogP contribution in [0.2, 0.25) is 0 Å². The molecule has 0 saturated carbocycles. The van der Waals surface area contributed by atoms with Gasteiger partial charge in [-0.3, -0.25) is 0 Å². The molecule has 128 valence electrons. The molecule has 1 aliphatic carbocycles. The smallest absolute Gasteiger partial charge is 0.213 e. The summed E-state index contributed by atoms with van der Waals surface area (Å²) in [5.74, 6) is 1.28. The van der Waals surface area contributed by atoms with Gasteiger partial charge in [-0.2, -0.15) is 0 Å². The number of rotatable bonds is 8. The molecule has 0 fully saturated rings. The van der Waals surface area contributed by atoms with E-state index in [-0.39, 0.29) is 6.10 Å². The van der Waals surface area contributed by atoms with Crippen LogP contribution in [0.25, 0.3) is 0 Å². The lowest BCUT2D eigenvalue weighted by molar-refractivity contribution is 0.0546. The Bertz CT molecular complexity index is 505. The lowest BCUT2D eigenvalue weighted by atomic mass is 9.98. The minimum Gasteiger partial charge on any atom is -0.485 e. The molecule has 1 unspecified atom stereocenters. The van der Waals surface area contributed by atoms with E-state index in [4.69, 9.17) is 14.2 Å². The molecule has 1 aromatic rings. The van der Waals surface area contributed by atoms with Crippen molar-refractivity contribution in [1.82, 2.24) is 4.98 Å². The maximum Gasteiger partial charge on any atom is 0.213 e. The molecule has 2 rings (SSSR count). The first-order valence-corrected chi connectivity index (χ1v) is 8.13. The van der Waals surface area contributed by atoms with Gasteiger partial charge in [-0.15, -0.1) is 0 Å². The van der Waals surface area contributed by atoms with E-state index in [2.05, 4.69) is 11.1 Å². The van der Waals surface area contributed by atoms with Crippen molar-refractivity contribution in [1.29, 1.82) is 0 Å². The highest BCUT2D eigenvalue weighted by atomic mass is 16.5. The van der Waals surface area contributed by atoms with Crippen molar-refractivity contribution in [3.8, 4) is 11.6 Å². The summed E-state index contributed by atoms with van der Waals surface area (Å²) < 4.78 is 16.7. The molecule has 5 heteroatoms. The summed E-state index contributed by atoms with van der Waals surface area (Å²) in [6.07, 6.45) is 7.68. The summed E-state index contributed by atoms with van der Waals surface area (Å²) in [5.41, 5.74) is 0.569. The third-order valence-corrected chi connectivity index (χ3v) is 3.70. The predicted octanol–water partition coefficient (Wildman–Crippen LogP) is 3.13. The van der Waals surface area contributed by atoms with Crippen molar-refractivity contribution in [2.24, 2.45) is 0 Å². The van der Waals surface area contributed by atoms with Crippen LogP contribution in [0.4, 0.5) is 0 Å². The molecule has 0 saturated heterocycles. The molecule has 1 aromatic heterocycles. The summed E-state index contributed by atoms with van der Waals surface area (Å²) in [5, 5.41) is 9.65. The lowest BCUT2D eigenvalue weighted by Crippen LogP contribution is -2.22. The number of pyridine rings is 1. The fraction of sp³-hybridized carbons (Fsp3) is 0.611. The molecule has 0 radical (unpaired) electrons. The van der Waals surface area contributed by atoms with Crippen LogP contribution in [-0.2, 0) is 4.74 Å². The fourth-order valence-corrected chi connectivity index (χ4v) is 2.46. The highest BCUT2D eigenvalue weighted by molar-refractivity contribution is 5.24. The Morgan fingerprint density at radius 3 is 2.83 bits per heavy atom. The Hall–Kier alpha value is -1.59. The van der Waals surface area contributed by atoms with Gasteiger partial charge in [0.1, 0.15) is 11.9 Å². The summed E-state index contributed by atoms with van der Waals surface area (Å²) >= 11 is 0. The van der Waals surface area contributed by atoms with Gasteiger partial charge in [-0.25, -0.2) is 4.98 Å². The van der Waals surface area contributed by atoms with E-state index in [1.54, 1.807) is 33.2 Å². The Morgan fingerprint density at radius 1 is 1.35 bits per heavy atom. The average Bonchev–Trinajstić information content (AvgIpc) is 2.49. The van der Waals surface area contributed by atoms with Gasteiger partial charge in [0.05, 0.1) is 25.0 Å². The quantitative estimate of drug-likeness (QED) is 0.745. The first-order valence-electron chi connectivity index (χ1n) is 8.13. The van der Waals surface area contributed by atoms with E-state index in [0.717, 1.165) is 25.0 Å². The molecule has 0 spiro atoms. The summed E-state index contributed by atoms with van der Waals surface area (Å²) in [6, 6.07) is 3.66. The first-order chi connectivity index (χ1) is 11.0. The summed E-state index contributed by atoms with van der Waals surface area (Å²) in [4.78, 5) is 4.24. The molecule has 1 aliphatic rings. The molecule has 0 bridgehead atoms. The van der Waals surface area contributed by atoms with Crippen LogP contribution in [0.3, 0.4) is 0 Å². The SMILES string of the molecule is COCC1=CC(Oc2ccc(OCCC(C)(C)O)nc2)CCC1. The van der Waals surface area contributed by atoms with Crippen LogP contribution in [0.5, 0.6) is 11.6 Å². The van der Waals surface area contributed by atoms with E-state index in [1.807, 2.05) is 6.07 Å². The fourth-order valence-electron chi connectivity index (χ4n) is 2.46. The second-order valence-electron chi connectivity index (χ2n) is 6.55. The highest BCUT2D eigenvalue weighted by Gasteiger charge is 2.15. The van der Waals surface area contributed by atoms with E-state index in [0.29, 0.717) is 25.5 Å². The van der Waals surface area contributed by atoms with Crippen LogP contribution in [-0.4, -0.2) is 42.1 Å². The second kappa shape index (κ2) is 8.31. The molecule has 5 nitrogen and oxygen atoms in total. The largest absolute Gasteiger partial charge is 0.485 e. The van der Waals surface area contributed by atoms with E-state index >= 15 is 0 Å². The number of hydrogen-bond acceptors (Lipinski definition) is 5. The molecular formula is C18H27NO4. The molecular weight excluding hydrogens is 294 g/mol. The third kappa shape index (κ3) is 6.59. The number of aliphatic hydroxyl groups is 1. The summed E-state index contributed by atoms with van der Waals surface area (Å²) in [7, 11) is 1.71. The Balaban J connectivity index is 1.84. The lowest BCUT2D eigenvalue weighted by Gasteiger charge is -2.22. The van der Waals surface area contributed by atoms with Crippen LogP contribution in [0.15, 0.2) is 30.0 Å². The maximum absolute atomic E-state index is 9.65. The molecule has 0 aliphatic heterocycles. The highest BCUT2D eigenvalue weighted by Crippen LogP contribution is 2.23. The van der Waals surface area contributed by atoms with Crippen LogP contribution in [0.1, 0.15) is 39.5 Å². The summed E-state index contributed by atoms with van der Waals surface area (Å²) in [6.45, 7) is 4.63. The van der Waals surface area contributed by atoms with Crippen LogP contribution < -0.4 is 9.47 Å². The van der Waals surface area contributed by atoms with Gasteiger partial charge in [-0.1, -0.05) is 0 Å². The maximum atomic E-state index is 9.65. The number of ether oxygens (including phenoxy) is 3. The van der Waals surface area contributed by atoms with Gasteiger partial charge in [0.25, 0.3) is 0 Å². The normalized spacial score (nSPS) is 18.4. The number of aromatic nitrogens is 1. The number of hydrogen-bond donors (Lipinski definition) is 1. The Labute approximate surface area is 138 Å². The van der Waals surface area contributed by atoms with E-state index < -0.39 is 5.60 Å². The van der Waals surface area contributed by atoms with E-state index in [9.17, 15) is 5.11 Å².